The van der Waals surface area contributed by atoms with Crippen LogP contribution in [0.15, 0.2) is 24.3 Å². The smallest absolute Gasteiger partial charge is 0.240 e. The summed E-state index contributed by atoms with van der Waals surface area (Å²) in [6, 6.07) is 6.29. The van der Waals surface area contributed by atoms with Gasteiger partial charge in [-0.05, 0) is 24.3 Å². The van der Waals surface area contributed by atoms with Crippen LogP contribution in [-0.4, -0.2) is 41.4 Å². The van der Waals surface area contributed by atoms with Crippen LogP contribution in [0, 0.1) is 0 Å². The second-order valence-electron chi connectivity index (χ2n) is 5.01. The fourth-order valence-electron chi connectivity index (χ4n) is 1.85. The van der Waals surface area contributed by atoms with E-state index in [2.05, 4.69) is 10.1 Å². The lowest BCUT2D eigenvalue weighted by atomic mass is 10.2. The van der Waals surface area contributed by atoms with Crippen molar-refractivity contribution in [2.75, 3.05) is 12.0 Å². The van der Waals surface area contributed by atoms with E-state index in [1.165, 1.54) is 0 Å². The molecule has 126 valence electrons. The van der Waals surface area contributed by atoms with Gasteiger partial charge in [0.25, 0.3) is 0 Å². The first-order chi connectivity index (χ1) is 10.5. The van der Waals surface area contributed by atoms with Crippen LogP contribution in [0.3, 0.4) is 0 Å². The molecule has 0 atom stereocenters. The third-order valence-corrected chi connectivity index (χ3v) is 4.07. The number of rotatable bonds is 5. The molecular weight excluding hydrogens is 355 g/mol. The van der Waals surface area contributed by atoms with Gasteiger partial charge in [-0.25, -0.2) is 18.1 Å². The summed E-state index contributed by atoms with van der Waals surface area (Å²) in [4.78, 5) is 4.04. The fraction of sp³-hybridized carbons (Fsp3) is 0.385. The lowest BCUT2D eigenvalue weighted by Crippen LogP contribution is -2.21. The zero-order chi connectivity index (χ0) is 17.3. The molecule has 0 spiro atoms. The van der Waals surface area contributed by atoms with Gasteiger partial charge in [-0.3, -0.25) is 0 Å². The van der Waals surface area contributed by atoms with Gasteiger partial charge in [0.05, 0.1) is 5.75 Å². The Labute approximate surface area is 136 Å². The average molecular weight is 368 g/mol. The molecule has 0 aliphatic heterocycles. The summed E-state index contributed by atoms with van der Waals surface area (Å²) in [5, 5.41) is 4.32. The molecule has 0 fully saturated rings. The van der Waals surface area contributed by atoms with Crippen LogP contribution in [0.25, 0.3) is 11.4 Å². The first-order valence-corrected chi connectivity index (χ1v) is 8.91. The standard InChI is InChI=1S/C13H13ClF3N3O2S/c1-23(21,22)7-6-11-18-12(9-2-4-10(14)5-3-9)19-20(11)8-13(15,16)17/h2-5H,6-8H2,1H3. The fourth-order valence-corrected chi connectivity index (χ4v) is 2.53. The zero-order valence-electron chi connectivity index (χ0n) is 12.0. The second-order valence-corrected chi connectivity index (χ2v) is 7.71. The Morgan fingerprint density at radius 2 is 1.83 bits per heavy atom. The number of sulfone groups is 1. The summed E-state index contributed by atoms with van der Waals surface area (Å²) in [5.41, 5.74) is 0.496. The quantitative estimate of drug-likeness (QED) is 0.815. The molecule has 0 N–H and O–H groups in total. The van der Waals surface area contributed by atoms with Crippen molar-refractivity contribution in [2.45, 2.75) is 19.1 Å². The van der Waals surface area contributed by atoms with Crippen molar-refractivity contribution in [2.24, 2.45) is 0 Å². The van der Waals surface area contributed by atoms with Gasteiger partial charge in [0.1, 0.15) is 22.2 Å². The zero-order valence-corrected chi connectivity index (χ0v) is 13.6. The molecule has 0 aliphatic rings. The van der Waals surface area contributed by atoms with Crippen molar-refractivity contribution in [3.05, 3.63) is 35.1 Å². The average Bonchev–Trinajstić information content (AvgIpc) is 2.77. The highest BCUT2D eigenvalue weighted by Gasteiger charge is 2.30. The minimum Gasteiger partial charge on any atom is -0.240 e. The van der Waals surface area contributed by atoms with Gasteiger partial charge in [-0.15, -0.1) is 0 Å². The summed E-state index contributed by atoms with van der Waals surface area (Å²) in [5.74, 6) is -0.240. The van der Waals surface area contributed by atoms with Crippen LogP contribution in [0.4, 0.5) is 13.2 Å². The Kier molecular flexibility index (Phi) is 5.00. The molecule has 1 heterocycles. The van der Waals surface area contributed by atoms with Crippen LogP contribution in [0.2, 0.25) is 5.02 Å². The summed E-state index contributed by atoms with van der Waals surface area (Å²) in [6.07, 6.45) is -3.61. The summed E-state index contributed by atoms with van der Waals surface area (Å²) in [6.45, 7) is -1.33. The molecular formula is C13H13ClF3N3O2S. The highest BCUT2D eigenvalue weighted by atomic mass is 35.5. The van der Waals surface area contributed by atoms with E-state index in [1.807, 2.05) is 0 Å². The largest absolute Gasteiger partial charge is 0.408 e. The van der Waals surface area contributed by atoms with Crippen molar-refractivity contribution in [3.8, 4) is 11.4 Å². The topological polar surface area (TPSA) is 64.8 Å². The molecule has 2 rings (SSSR count). The molecule has 0 radical (unpaired) electrons. The van der Waals surface area contributed by atoms with E-state index < -0.39 is 22.6 Å². The van der Waals surface area contributed by atoms with E-state index in [4.69, 9.17) is 11.6 Å². The lowest BCUT2D eigenvalue weighted by Gasteiger charge is -2.08. The summed E-state index contributed by atoms with van der Waals surface area (Å²) in [7, 11) is -3.32. The Morgan fingerprint density at radius 1 is 1.22 bits per heavy atom. The number of aromatic nitrogens is 3. The number of hydrogen-bond acceptors (Lipinski definition) is 4. The minimum atomic E-state index is -4.48. The number of alkyl halides is 3. The first kappa shape index (κ1) is 17.7. The van der Waals surface area contributed by atoms with Gasteiger partial charge in [0, 0.05) is 23.3 Å². The summed E-state index contributed by atoms with van der Waals surface area (Å²) < 4.78 is 61.0. The maximum absolute atomic E-state index is 12.6. The molecule has 23 heavy (non-hydrogen) atoms. The van der Waals surface area contributed by atoms with Crippen LogP contribution in [0.5, 0.6) is 0 Å². The first-order valence-electron chi connectivity index (χ1n) is 6.48. The van der Waals surface area contributed by atoms with Crippen molar-refractivity contribution >= 4 is 21.4 Å². The van der Waals surface area contributed by atoms with E-state index in [9.17, 15) is 21.6 Å². The lowest BCUT2D eigenvalue weighted by molar-refractivity contribution is -0.143. The van der Waals surface area contributed by atoms with Crippen molar-refractivity contribution in [3.63, 3.8) is 0 Å². The number of aryl methyl sites for hydroxylation is 1. The van der Waals surface area contributed by atoms with Gasteiger partial charge in [-0.2, -0.15) is 18.3 Å². The Bertz CT molecular complexity index is 786. The highest BCUT2D eigenvalue weighted by molar-refractivity contribution is 7.90. The Balaban J connectivity index is 2.36. The summed E-state index contributed by atoms with van der Waals surface area (Å²) >= 11 is 5.76. The van der Waals surface area contributed by atoms with Crippen molar-refractivity contribution in [1.82, 2.24) is 14.8 Å². The molecule has 0 saturated carbocycles. The Hall–Kier alpha value is -1.61. The number of hydrogen-bond donors (Lipinski definition) is 0. The van der Waals surface area contributed by atoms with Crippen molar-refractivity contribution in [1.29, 1.82) is 0 Å². The van der Waals surface area contributed by atoms with Crippen molar-refractivity contribution < 1.29 is 21.6 Å². The normalized spacial score (nSPS) is 12.6. The van der Waals surface area contributed by atoms with Gasteiger partial charge in [0.15, 0.2) is 5.82 Å². The number of benzene rings is 1. The Morgan fingerprint density at radius 3 is 2.35 bits per heavy atom. The number of nitrogens with zero attached hydrogens (tertiary/aromatic N) is 3. The van der Waals surface area contributed by atoms with E-state index >= 15 is 0 Å². The van der Waals surface area contributed by atoms with Crippen LogP contribution < -0.4 is 0 Å². The number of halogens is 4. The molecule has 1 aromatic heterocycles. The molecule has 10 heteroatoms. The van der Waals surface area contributed by atoms with E-state index in [0.717, 1.165) is 6.26 Å². The molecule has 5 nitrogen and oxygen atoms in total. The molecule has 0 aliphatic carbocycles. The highest BCUT2D eigenvalue weighted by Crippen LogP contribution is 2.22. The monoisotopic (exact) mass is 367 g/mol. The predicted molar refractivity (Wildman–Crippen MR) is 79.9 cm³/mol. The van der Waals surface area contributed by atoms with Crippen LogP contribution in [-0.2, 0) is 22.8 Å². The van der Waals surface area contributed by atoms with E-state index in [-0.39, 0.29) is 23.8 Å². The molecule has 0 saturated heterocycles. The molecule has 0 amide bonds. The maximum atomic E-state index is 12.6. The van der Waals surface area contributed by atoms with Gasteiger partial charge in [-0.1, -0.05) is 11.6 Å². The maximum Gasteiger partial charge on any atom is 0.408 e. The predicted octanol–water partition coefficient (Wildman–Crippen LogP) is 2.75. The molecule has 1 aromatic carbocycles. The third-order valence-electron chi connectivity index (χ3n) is 2.88. The van der Waals surface area contributed by atoms with E-state index in [1.54, 1.807) is 24.3 Å². The van der Waals surface area contributed by atoms with Crippen LogP contribution >= 0.6 is 11.6 Å². The van der Waals surface area contributed by atoms with Gasteiger partial charge in [0.2, 0.25) is 0 Å². The second kappa shape index (κ2) is 6.48. The van der Waals surface area contributed by atoms with Gasteiger partial charge >= 0.3 is 6.18 Å². The van der Waals surface area contributed by atoms with Gasteiger partial charge < -0.3 is 0 Å². The third kappa shape index (κ3) is 5.51. The molecule has 0 unspecified atom stereocenters. The molecule has 0 bridgehead atoms. The minimum absolute atomic E-state index is 0.0299. The van der Waals surface area contributed by atoms with Crippen LogP contribution in [0.1, 0.15) is 5.82 Å². The van der Waals surface area contributed by atoms with E-state index in [0.29, 0.717) is 15.3 Å². The molecule has 2 aromatic rings. The SMILES string of the molecule is CS(=O)(=O)CCc1nc(-c2ccc(Cl)cc2)nn1CC(F)(F)F.